The number of aliphatic hydroxyl groups excluding tert-OH is 1. The van der Waals surface area contributed by atoms with Gasteiger partial charge in [-0.15, -0.1) is 0 Å². The molecule has 0 amide bonds. The van der Waals surface area contributed by atoms with Crippen LogP contribution in [0.3, 0.4) is 0 Å². The number of carbonyl (C=O) groups is 3. The van der Waals surface area contributed by atoms with Crippen LogP contribution in [0, 0.1) is 39.9 Å². The lowest BCUT2D eigenvalue weighted by Crippen LogP contribution is -2.73. The third-order valence-corrected chi connectivity index (χ3v) is 11.6. The molecular formula is C29H31NO6. The normalized spacial score (nSPS) is 54.2. The van der Waals surface area contributed by atoms with Gasteiger partial charge in [-0.05, 0) is 35.5 Å². The molecule has 1 aromatic rings. The Morgan fingerprint density at radius 1 is 1.11 bits per heavy atom. The summed E-state index contributed by atoms with van der Waals surface area (Å²) in [7, 11) is 0. The third-order valence-electron chi connectivity index (χ3n) is 11.6. The molecule has 0 aromatic heterocycles. The average molecular weight is 490 g/mol. The molecule has 1 N–H and O–H groups in total. The Morgan fingerprint density at radius 2 is 1.86 bits per heavy atom. The molecule has 3 heterocycles. The highest BCUT2D eigenvalue weighted by molar-refractivity contribution is 5.89. The van der Waals surface area contributed by atoms with Crippen molar-refractivity contribution in [3.63, 3.8) is 0 Å². The maximum atomic E-state index is 13.4. The maximum Gasteiger partial charge on any atom is 0.338 e. The zero-order valence-corrected chi connectivity index (χ0v) is 20.6. The quantitative estimate of drug-likeness (QED) is 0.515. The largest absolute Gasteiger partial charge is 0.458 e. The van der Waals surface area contributed by atoms with E-state index in [9.17, 15) is 19.5 Å². The Balaban J connectivity index is 1.33. The van der Waals surface area contributed by atoms with Crippen LogP contribution in [0.5, 0.6) is 0 Å². The Bertz CT molecular complexity index is 1260. The second-order valence-electron chi connectivity index (χ2n) is 13.0. The molecule has 2 spiro atoms. The van der Waals surface area contributed by atoms with Crippen LogP contribution in [-0.4, -0.2) is 64.7 Å². The molecule has 1 unspecified atom stereocenters. The molecule has 6 saturated carbocycles. The number of Topliss-reactive ketones (excluding diaryl/α,β-unsaturated/α-hetero) is 1. The Kier molecular flexibility index (Phi) is 3.78. The van der Waals surface area contributed by atoms with Crippen molar-refractivity contribution < 1.29 is 29.0 Å². The van der Waals surface area contributed by atoms with Crippen molar-refractivity contribution in [1.82, 2.24) is 4.90 Å². The first-order valence-electron chi connectivity index (χ1n) is 13.2. The predicted octanol–water partition coefficient (Wildman–Crippen LogP) is 2.38. The van der Waals surface area contributed by atoms with Crippen molar-refractivity contribution in [2.75, 3.05) is 6.54 Å². The summed E-state index contributed by atoms with van der Waals surface area (Å²) in [6.07, 6.45) is -0.0866. The van der Waals surface area contributed by atoms with E-state index in [2.05, 4.69) is 18.4 Å². The van der Waals surface area contributed by atoms with E-state index in [1.807, 2.05) is 6.07 Å². The van der Waals surface area contributed by atoms with Crippen LogP contribution in [-0.2, 0) is 19.1 Å². The number of hydrogen-bond donors (Lipinski definition) is 1. The van der Waals surface area contributed by atoms with Gasteiger partial charge in [-0.3, -0.25) is 14.5 Å². The second kappa shape index (κ2) is 6.30. The number of ether oxygens (including phenoxy) is 2. The molecule has 188 valence electrons. The molecule has 9 fully saturated rings. The van der Waals surface area contributed by atoms with E-state index >= 15 is 0 Å². The summed E-state index contributed by atoms with van der Waals surface area (Å²) in [4.78, 5) is 41.7. The van der Waals surface area contributed by atoms with Crippen molar-refractivity contribution in [2.45, 2.75) is 63.5 Å². The lowest BCUT2D eigenvalue weighted by atomic mass is 9.39. The van der Waals surface area contributed by atoms with E-state index in [0.29, 0.717) is 35.9 Å². The van der Waals surface area contributed by atoms with Crippen LogP contribution in [0.4, 0.5) is 0 Å². The molecule has 7 heteroatoms. The monoisotopic (exact) mass is 489 g/mol. The van der Waals surface area contributed by atoms with Crippen LogP contribution < -0.4 is 0 Å². The lowest BCUT2D eigenvalue weighted by Gasteiger charge is -2.67. The highest BCUT2D eigenvalue weighted by Crippen LogP contribution is 2.87. The van der Waals surface area contributed by atoms with Crippen molar-refractivity contribution in [3.8, 4) is 0 Å². The zero-order valence-electron chi connectivity index (χ0n) is 20.6. The molecule has 13 atom stereocenters. The topological polar surface area (TPSA) is 93.1 Å². The van der Waals surface area contributed by atoms with Gasteiger partial charge in [0.25, 0.3) is 0 Å². The molecule has 1 aromatic carbocycles. The van der Waals surface area contributed by atoms with Gasteiger partial charge in [0, 0.05) is 67.0 Å². The van der Waals surface area contributed by atoms with Gasteiger partial charge in [0.15, 0.2) is 0 Å². The van der Waals surface area contributed by atoms with E-state index in [4.69, 9.17) is 9.47 Å². The number of rotatable bonds is 3. The first-order chi connectivity index (χ1) is 17.1. The first kappa shape index (κ1) is 21.6. The van der Waals surface area contributed by atoms with Crippen molar-refractivity contribution in [2.24, 2.45) is 39.9 Å². The first-order valence-corrected chi connectivity index (χ1v) is 13.2. The number of benzene rings is 1. The number of aliphatic hydroxyl groups is 1. The van der Waals surface area contributed by atoms with Crippen molar-refractivity contribution in [3.05, 3.63) is 48.0 Å². The summed E-state index contributed by atoms with van der Waals surface area (Å²) in [5.74, 6) is -1.03. The average Bonchev–Trinajstić information content (AvgIpc) is 3.25. The Labute approximate surface area is 209 Å². The van der Waals surface area contributed by atoms with Gasteiger partial charge < -0.3 is 14.6 Å². The van der Waals surface area contributed by atoms with Crippen LogP contribution in [0.1, 0.15) is 43.5 Å². The summed E-state index contributed by atoms with van der Waals surface area (Å²) in [6.45, 7) is 8.88. The number of nitrogens with zero attached hydrogens (tertiary/aromatic N) is 1. The molecule has 3 aliphatic heterocycles. The molecule has 6 aliphatic carbocycles. The van der Waals surface area contributed by atoms with Crippen molar-refractivity contribution in [1.29, 1.82) is 0 Å². The second-order valence-corrected chi connectivity index (χ2v) is 13.0. The highest BCUT2D eigenvalue weighted by Gasteiger charge is 2.92. The molecule has 0 radical (unpaired) electrons. The summed E-state index contributed by atoms with van der Waals surface area (Å²) in [5, 5.41) is 11.9. The minimum absolute atomic E-state index is 0.0349. The van der Waals surface area contributed by atoms with Gasteiger partial charge in [-0.25, -0.2) is 4.79 Å². The standard InChI is InChI=1S/C29H31NO6/c1-13-18-20(33)19-24-29-10-16(32)9-27(3)12-30(24)17(22(27)29)11-28(19,25(13)35-14(2)31)23(29)21(18)36-26(34)15-7-5-4-6-8-15/h4-8,17-25,33H,1,9-12H2,2-3H3/t17-,18-,19+,20-,21+,22+,23+,24+,25+,27-,28+,29-/m0/s1. The number of hydrogen-bond acceptors (Lipinski definition) is 7. The van der Waals surface area contributed by atoms with Gasteiger partial charge in [0.05, 0.1) is 11.7 Å². The van der Waals surface area contributed by atoms with Crippen molar-refractivity contribution >= 4 is 17.7 Å². The van der Waals surface area contributed by atoms with Gasteiger partial charge in [0.1, 0.15) is 18.0 Å². The number of fused-ring (bicyclic) bond motifs is 1. The highest BCUT2D eigenvalue weighted by atomic mass is 16.6. The molecule has 9 bridgehead atoms. The van der Waals surface area contributed by atoms with Crippen LogP contribution in [0.25, 0.3) is 0 Å². The molecule has 3 saturated heterocycles. The fraction of sp³-hybridized carbons (Fsp3) is 0.621. The molecule has 7 nitrogen and oxygen atoms in total. The predicted molar refractivity (Wildman–Crippen MR) is 126 cm³/mol. The van der Waals surface area contributed by atoms with Crippen LogP contribution in [0.15, 0.2) is 42.5 Å². The van der Waals surface area contributed by atoms with E-state index in [1.54, 1.807) is 24.3 Å². The van der Waals surface area contributed by atoms with E-state index in [0.717, 1.165) is 13.0 Å². The van der Waals surface area contributed by atoms with Crippen LogP contribution in [0.2, 0.25) is 0 Å². The molecule has 36 heavy (non-hydrogen) atoms. The number of carbonyl (C=O) groups excluding carboxylic acids is 3. The van der Waals surface area contributed by atoms with Gasteiger partial charge in [0.2, 0.25) is 0 Å². The summed E-state index contributed by atoms with van der Waals surface area (Å²) in [6, 6.07) is 9.25. The minimum Gasteiger partial charge on any atom is -0.458 e. The van der Waals surface area contributed by atoms with Gasteiger partial charge in [-0.1, -0.05) is 31.7 Å². The van der Waals surface area contributed by atoms with E-state index < -0.39 is 35.6 Å². The smallest absolute Gasteiger partial charge is 0.338 e. The Morgan fingerprint density at radius 3 is 2.58 bits per heavy atom. The number of piperidine rings is 2. The number of ketones is 1. The van der Waals surface area contributed by atoms with E-state index in [-0.39, 0.29) is 40.5 Å². The molecule has 10 rings (SSSR count). The fourth-order valence-corrected chi connectivity index (χ4v) is 11.6. The van der Waals surface area contributed by atoms with E-state index in [1.165, 1.54) is 6.92 Å². The summed E-state index contributed by atoms with van der Waals surface area (Å²) < 4.78 is 12.4. The van der Waals surface area contributed by atoms with Gasteiger partial charge >= 0.3 is 11.9 Å². The third kappa shape index (κ3) is 2.05. The molecule has 9 aliphatic rings. The Hall–Kier alpha value is -2.51. The number of esters is 2. The van der Waals surface area contributed by atoms with Crippen LogP contribution >= 0.6 is 0 Å². The van der Waals surface area contributed by atoms with Gasteiger partial charge in [-0.2, -0.15) is 0 Å². The maximum absolute atomic E-state index is 13.4. The molecular weight excluding hydrogens is 458 g/mol. The summed E-state index contributed by atoms with van der Waals surface area (Å²) >= 11 is 0. The minimum atomic E-state index is -0.762. The zero-order chi connectivity index (χ0) is 24.9. The summed E-state index contributed by atoms with van der Waals surface area (Å²) in [5.41, 5.74) is 0.0452. The lowest BCUT2D eigenvalue weighted by molar-refractivity contribution is -0.248. The fourth-order valence-electron chi connectivity index (χ4n) is 11.6. The SMILES string of the molecule is C=C1[C@H]2[C@H](O)[C@@H]3[C@H]4N5C[C@]6(C)CC(=O)C[C@]47[C@H]([C@@H]2OC(=O)c2ccccc2)[C@]3(C[C@H]5[C@H]67)[C@@H]1OC(C)=O.